The third-order valence-electron chi connectivity index (χ3n) is 2.05. The summed E-state index contributed by atoms with van der Waals surface area (Å²) in [5, 5.41) is -0.258. The fourth-order valence-corrected chi connectivity index (χ4v) is 1.54. The first-order valence-electron chi connectivity index (χ1n) is 4.65. The van der Waals surface area contributed by atoms with Crippen LogP contribution in [0.4, 0.5) is 4.79 Å². The zero-order valence-corrected chi connectivity index (χ0v) is 9.01. The summed E-state index contributed by atoms with van der Waals surface area (Å²) >= 11 is 1.07. The lowest BCUT2D eigenvalue weighted by atomic mass is 10.0. The van der Waals surface area contributed by atoms with E-state index in [1.807, 2.05) is 6.08 Å². The highest BCUT2D eigenvalue weighted by atomic mass is 32.2. The van der Waals surface area contributed by atoms with E-state index in [0.717, 1.165) is 24.6 Å². The second-order valence-electron chi connectivity index (χ2n) is 3.17. The molecule has 0 aliphatic heterocycles. The van der Waals surface area contributed by atoms with Crippen LogP contribution in [0.2, 0.25) is 0 Å². The van der Waals surface area contributed by atoms with Crippen LogP contribution in [0.1, 0.15) is 25.7 Å². The van der Waals surface area contributed by atoms with E-state index in [0.29, 0.717) is 12.8 Å². The Labute approximate surface area is 87.9 Å². The zero-order valence-electron chi connectivity index (χ0n) is 8.19. The van der Waals surface area contributed by atoms with Crippen LogP contribution in [0.15, 0.2) is 12.2 Å². The quantitative estimate of drug-likeness (QED) is 0.497. The minimum absolute atomic E-state index is 0.150. The first-order valence-corrected chi connectivity index (χ1v) is 5.88. The van der Waals surface area contributed by atoms with Gasteiger partial charge in [-0.25, -0.2) is 4.79 Å². The number of carbonyl (C=O) groups is 2. The van der Waals surface area contributed by atoms with Crippen molar-refractivity contribution in [2.24, 2.45) is 0 Å². The maximum Gasteiger partial charge on any atom is 0.367 e. The number of allylic oxidation sites excluding steroid dienone is 1. The van der Waals surface area contributed by atoms with Crippen molar-refractivity contribution >= 4 is 22.8 Å². The third-order valence-corrected chi connectivity index (χ3v) is 2.48. The molecular weight excluding hydrogens is 200 g/mol. The largest absolute Gasteiger partial charge is 0.450 e. The standard InChI is InChI=1S/C10H14O3S/c1-14-10(12)13-9-6-2-4-8(11)5-3-7-9/h2,6,9H,3-5,7H2,1H3/b6-2+. The van der Waals surface area contributed by atoms with Gasteiger partial charge in [-0.05, 0) is 36.9 Å². The molecule has 1 aliphatic carbocycles. The molecule has 1 aliphatic rings. The lowest BCUT2D eigenvalue weighted by Crippen LogP contribution is -2.15. The number of thioether (sulfide) groups is 1. The Morgan fingerprint density at radius 2 is 2.43 bits per heavy atom. The van der Waals surface area contributed by atoms with E-state index in [1.54, 1.807) is 12.3 Å². The predicted molar refractivity (Wildman–Crippen MR) is 56.4 cm³/mol. The number of hydrogen-bond donors (Lipinski definition) is 0. The molecule has 0 aromatic heterocycles. The maximum atomic E-state index is 11.1. The van der Waals surface area contributed by atoms with Gasteiger partial charge in [0.25, 0.3) is 0 Å². The van der Waals surface area contributed by atoms with Crippen molar-refractivity contribution < 1.29 is 14.3 Å². The van der Waals surface area contributed by atoms with Crippen molar-refractivity contribution in [3.63, 3.8) is 0 Å². The molecule has 1 unspecified atom stereocenters. The molecule has 1 rings (SSSR count). The van der Waals surface area contributed by atoms with Crippen LogP contribution in [0.25, 0.3) is 0 Å². The smallest absolute Gasteiger partial charge is 0.367 e. The number of carbonyl (C=O) groups excluding carboxylic acids is 2. The lowest BCUT2D eigenvalue weighted by molar-refractivity contribution is -0.118. The third kappa shape index (κ3) is 3.96. The van der Waals surface area contributed by atoms with Crippen molar-refractivity contribution in [2.45, 2.75) is 31.8 Å². The highest BCUT2D eigenvalue weighted by Gasteiger charge is 2.13. The van der Waals surface area contributed by atoms with E-state index in [-0.39, 0.29) is 17.2 Å². The summed E-state index contributed by atoms with van der Waals surface area (Å²) in [5.74, 6) is 0.260. The van der Waals surface area contributed by atoms with Crippen LogP contribution in [-0.2, 0) is 9.53 Å². The fraction of sp³-hybridized carbons (Fsp3) is 0.600. The van der Waals surface area contributed by atoms with Crippen LogP contribution in [0.3, 0.4) is 0 Å². The maximum absolute atomic E-state index is 11.1. The van der Waals surface area contributed by atoms with E-state index in [9.17, 15) is 9.59 Å². The second-order valence-corrected chi connectivity index (χ2v) is 3.92. The molecule has 0 radical (unpaired) electrons. The summed E-state index contributed by atoms with van der Waals surface area (Å²) in [6, 6.07) is 0. The van der Waals surface area contributed by atoms with E-state index >= 15 is 0 Å². The van der Waals surface area contributed by atoms with Crippen LogP contribution >= 0.6 is 11.8 Å². The molecule has 1 atom stereocenters. The number of ketones is 1. The predicted octanol–water partition coefficient (Wildman–Crippen LogP) is 2.55. The number of hydrogen-bond acceptors (Lipinski definition) is 4. The van der Waals surface area contributed by atoms with E-state index in [2.05, 4.69) is 0 Å². The summed E-state index contributed by atoms with van der Waals surface area (Å²) in [5.41, 5.74) is 0. The van der Waals surface area contributed by atoms with Gasteiger partial charge >= 0.3 is 5.30 Å². The van der Waals surface area contributed by atoms with Gasteiger partial charge in [0.15, 0.2) is 0 Å². The number of ether oxygens (including phenoxy) is 1. The Bertz CT molecular complexity index is 248. The van der Waals surface area contributed by atoms with Crippen molar-refractivity contribution in [1.29, 1.82) is 0 Å². The Morgan fingerprint density at radius 3 is 3.14 bits per heavy atom. The van der Waals surface area contributed by atoms with Crippen LogP contribution in [0.5, 0.6) is 0 Å². The molecule has 0 aromatic rings. The van der Waals surface area contributed by atoms with Gasteiger partial charge in [0.05, 0.1) is 0 Å². The van der Waals surface area contributed by atoms with Crippen molar-refractivity contribution in [3.8, 4) is 0 Å². The van der Waals surface area contributed by atoms with Gasteiger partial charge in [0.2, 0.25) is 0 Å². The van der Waals surface area contributed by atoms with Crippen molar-refractivity contribution in [3.05, 3.63) is 12.2 Å². The fourth-order valence-electron chi connectivity index (χ4n) is 1.32. The van der Waals surface area contributed by atoms with Gasteiger partial charge in [-0.1, -0.05) is 6.08 Å². The molecule has 3 nitrogen and oxygen atoms in total. The van der Waals surface area contributed by atoms with Gasteiger partial charge < -0.3 is 4.74 Å². The van der Waals surface area contributed by atoms with Crippen molar-refractivity contribution in [2.75, 3.05) is 6.26 Å². The normalized spacial score (nSPS) is 24.9. The molecule has 0 aromatic carbocycles. The minimum Gasteiger partial charge on any atom is -0.450 e. The van der Waals surface area contributed by atoms with E-state index < -0.39 is 0 Å². The molecule has 0 heterocycles. The van der Waals surface area contributed by atoms with Crippen LogP contribution in [-0.4, -0.2) is 23.4 Å². The van der Waals surface area contributed by atoms with E-state index in [1.165, 1.54) is 0 Å². The van der Waals surface area contributed by atoms with Gasteiger partial charge in [-0.15, -0.1) is 0 Å². The molecule has 0 saturated carbocycles. The zero-order chi connectivity index (χ0) is 10.4. The SMILES string of the molecule is CSC(=O)OC1/C=C/CC(=O)CCC1. The minimum atomic E-state index is -0.258. The molecule has 78 valence electrons. The molecule has 0 bridgehead atoms. The lowest BCUT2D eigenvalue weighted by Gasteiger charge is -2.14. The molecule has 0 saturated heterocycles. The van der Waals surface area contributed by atoms with E-state index in [4.69, 9.17) is 4.74 Å². The summed E-state index contributed by atoms with van der Waals surface area (Å²) in [6.07, 6.45) is 7.75. The topological polar surface area (TPSA) is 43.4 Å². The molecule has 14 heavy (non-hydrogen) atoms. The van der Waals surface area contributed by atoms with Crippen LogP contribution in [0, 0.1) is 0 Å². The second kappa shape index (κ2) is 5.86. The van der Waals surface area contributed by atoms with Crippen LogP contribution < -0.4 is 0 Å². The van der Waals surface area contributed by atoms with Gasteiger partial charge in [-0.2, -0.15) is 0 Å². The number of rotatable bonds is 1. The molecule has 0 amide bonds. The Morgan fingerprint density at radius 1 is 1.64 bits per heavy atom. The summed E-state index contributed by atoms with van der Waals surface area (Å²) < 4.78 is 5.14. The van der Waals surface area contributed by atoms with Gasteiger partial charge in [0.1, 0.15) is 11.9 Å². The average molecular weight is 214 g/mol. The summed E-state index contributed by atoms with van der Waals surface area (Å²) in [7, 11) is 0. The molecule has 4 heteroatoms. The molecule has 0 spiro atoms. The highest BCUT2D eigenvalue weighted by molar-refractivity contribution is 8.12. The van der Waals surface area contributed by atoms with Gasteiger partial charge in [-0.3, -0.25) is 4.79 Å². The van der Waals surface area contributed by atoms with Crippen molar-refractivity contribution in [1.82, 2.24) is 0 Å². The number of Topliss-reactive ketones (excluding diaryl/α,β-unsaturated/α-hetero) is 1. The monoisotopic (exact) mass is 214 g/mol. The van der Waals surface area contributed by atoms with Gasteiger partial charge in [0, 0.05) is 12.8 Å². The Hall–Kier alpha value is -0.770. The molecular formula is C10H14O3S. The molecule has 0 N–H and O–H groups in total. The first-order chi connectivity index (χ1) is 6.72. The Kier molecular flexibility index (Phi) is 4.73. The first kappa shape index (κ1) is 11.3. The molecule has 0 fully saturated rings. The Balaban J connectivity index is 2.45. The summed E-state index contributed by atoms with van der Waals surface area (Å²) in [4.78, 5) is 22.0. The highest BCUT2D eigenvalue weighted by Crippen LogP contribution is 2.14. The average Bonchev–Trinajstić information content (AvgIpc) is 2.14. The summed E-state index contributed by atoms with van der Waals surface area (Å²) in [6.45, 7) is 0.